The average molecular weight is 333 g/mol. The smallest absolute Gasteiger partial charge is 0.323 e. The Labute approximate surface area is 120 Å². The summed E-state index contributed by atoms with van der Waals surface area (Å²) >= 11 is 0. The van der Waals surface area contributed by atoms with Gasteiger partial charge in [0.2, 0.25) is 5.82 Å². The molecule has 0 fully saturated rings. The number of nitrogens with one attached hydrogen (secondary N) is 1. The fourth-order valence-corrected chi connectivity index (χ4v) is 2.44. The van der Waals surface area contributed by atoms with Crippen LogP contribution in [0.1, 0.15) is 12.7 Å². The highest BCUT2D eigenvalue weighted by Gasteiger charge is 2.29. The Morgan fingerprint density at radius 2 is 2.00 bits per heavy atom. The molecule has 0 amide bonds. The van der Waals surface area contributed by atoms with Crippen LogP contribution in [-0.2, 0) is 4.57 Å². The number of rotatable bonds is 3. The minimum Gasteiger partial charge on any atom is -0.323 e. The maximum atomic E-state index is 13.7. The first-order valence-corrected chi connectivity index (χ1v) is 7.40. The largest absolute Gasteiger partial charge is 0.347 e. The minimum atomic E-state index is -4.82. The van der Waals surface area contributed by atoms with Crippen molar-refractivity contribution in [2.45, 2.75) is 12.7 Å². The zero-order chi connectivity index (χ0) is 16.8. The van der Waals surface area contributed by atoms with E-state index in [9.17, 15) is 28.7 Å². The molecule has 0 aliphatic carbocycles. The Kier molecular flexibility index (Phi) is 3.73. The van der Waals surface area contributed by atoms with Gasteiger partial charge in [-0.05, 0) is 6.92 Å². The van der Waals surface area contributed by atoms with Gasteiger partial charge in [-0.3, -0.25) is 28.8 Å². The standard InChI is InChI=1S/C10H9FN3O7P/c1-4(22(19,20)21)13-8-2-5(11)7(14(17)18)3-6(8)12-9(15)10(13)16/h2-4H,1H3,(H,12,15)(H2,19,20,21). The van der Waals surface area contributed by atoms with E-state index in [1.807, 2.05) is 4.98 Å². The molecule has 0 radical (unpaired) electrons. The van der Waals surface area contributed by atoms with Gasteiger partial charge in [0.15, 0.2) is 0 Å². The minimum absolute atomic E-state index is 0.294. The second-order valence-electron chi connectivity index (χ2n) is 4.43. The molecule has 1 aromatic carbocycles. The van der Waals surface area contributed by atoms with E-state index >= 15 is 0 Å². The predicted octanol–water partition coefficient (Wildman–Crippen LogP) is 0.433. The fourth-order valence-electron chi connectivity index (χ4n) is 1.91. The molecule has 1 unspecified atom stereocenters. The van der Waals surface area contributed by atoms with Gasteiger partial charge in [-0.15, -0.1) is 0 Å². The van der Waals surface area contributed by atoms with Gasteiger partial charge in [-0.25, -0.2) is 0 Å². The van der Waals surface area contributed by atoms with Crippen LogP contribution in [0.3, 0.4) is 0 Å². The van der Waals surface area contributed by atoms with Gasteiger partial charge in [0.25, 0.3) is 0 Å². The molecule has 2 aromatic rings. The first kappa shape index (κ1) is 16.0. The lowest BCUT2D eigenvalue weighted by atomic mass is 10.2. The fraction of sp³-hybridized carbons (Fsp3) is 0.200. The summed E-state index contributed by atoms with van der Waals surface area (Å²) in [5.74, 6) is -3.05. The molecule has 2 rings (SSSR count). The van der Waals surface area contributed by atoms with Crippen LogP contribution in [-0.4, -0.2) is 24.3 Å². The maximum Gasteiger partial charge on any atom is 0.347 e. The van der Waals surface area contributed by atoms with E-state index < -0.39 is 40.9 Å². The lowest BCUT2D eigenvalue weighted by molar-refractivity contribution is -0.387. The first-order chi connectivity index (χ1) is 10.0. The highest BCUT2D eigenvalue weighted by molar-refractivity contribution is 7.51. The molecule has 118 valence electrons. The quantitative estimate of drug-likeness (QED) is 0.318. The molecular formula is C10H9FN3O7P. The van der Waals surface area contributed by atoms with Crippen LogP contribution in [0.2, 0.25) is 0 Å². The number of halogens is 1. The molecule has 1 atom stereocenters. The van der Waals surface area contributed by atoms with Crippen LogP contribution in [0.4, 0.5) is 10.1 Å². The molecule has 0 bridgehead atoms. The molecule has 1 aromatic heterocycles. The number of aromatic nitrogens is 2. The lowest BCUT2D eigenvalue weighted by Crippen LogP contribution is -2.37. The van der Waals surface area contributed by atoms with E-state index in [2.05, 4.69) is 0 Å². The van der Waals surface area contributed by atoms with Crippen LogP contribution in [0, 0.1) is 15.9 Å². The molecule has 10 nitrogen and oxygen atoms in total. The highest BCUT2D eigenvalue weighted by Crippen LogP contribution is 2.48. The van der Waals surface area contributed by atoms with Crippen molar-refractivity contribution in [3.63, 3.8) is 0 Å². The SMILES string of the molecule is CC(n1c(=O)c(=O)[nH]c2cc([N+](=O)[O-])c(F)cc21)P(=O)(O)O. The van der Waals surface area contributed by atoms with E-state index in [-0.39, 0.29) is 11.0 Å². The Morgan fingerprint density at radius 3 is 2.50 bits per heavy atom. The number of H-pyrrole nitrogens is 1. The number of hydrogen-bond donors (Lipinski definition) is 3. The van der Waals surface area contributed by atoms with E-state index in [1.54, 1.807) is 0 Å². The summed E-state index contributed by atoms with van der Waals surface area (Å²) in [6.07, 6.45) is 0. The van der Waals surface area contributed by atoms with Crippen LogP contribution < -0.4 is 11.1 Å². The van der Waals surface area contributed by atoms with Gasteiger partial charge in [0, 0.05) is 12.1 Å². The molecular weight excluding hydrogens is 324 g/mol. The number of nitrogens with zero attached hydrogens (tertiary/aromatic N) is 2. The lowest BCUT2D eigenvalue weighted by Gasteiger charge is -2.18. The number of fused-ring (bicyclic) bond motifs is 1. The topological polar surface area (TPSA) is 156 Å². The summed E-state index contributed by atoms with van der Waals surface area (Å²) in [5.41, 5.74) is -4.16. The van der Waals surface area contributed by atoms with Gasteiger partial charge in [-0.1, -0.05) is 0 Å². The third-order valence-electron chi connectivity index (χ3n) is 3.04. The summed E-state index contributed by atoms with van der Waals surface area (Å²) in [6, 6.07) is 1.24. The molecule has 0 saturated carbocycles. The number of hydrogen-bond acceptors (Lipinski definition) is 5. The van der Waals surface area contributed by atoms with Crippen LogP contribution in [0.25, 0.3) is 11.0 Å². The van der Waals surface area contributed by atoms with Crippen molar-refractivity contribution in [3.8, 4) is 0 Å². The van der Waals surface area contributed by atoms with Gasteiger partial charge in [0.1, 0.15) is 5.78 Å². The van der Waals surface area contributed by atoms with Gasteiger partial charge >= 0.3 is 24.4 Å². The zero-order valence-electron chi connectivity index (χ0n) is 10.9. The Hall–Kier alpha value is -2.36. The van der Waals surface area contributed by atoms with Crippen molar-refractivity contribution in [2.75, 3.05) is 0 Å². The number of nitro benzene ring substituents is 1. The average Bonchev–Trinajstić information content (AvgIpc) is 2.38. The summed E-state index contributed by atoms with van der Waals surface area (Å²) in [6.45, 7) is 0.973. The third kappa shape index (κ3) is 2.56. The molecule has 22 heavy (non-hydrogen) atoms. The van der Waals surface area contributed by atoms with Crippen LogP contribution in [0.15, 0.2) is 21.7 Å². The summed E-state index contributed by atoms with van der Waals surface area (Å²) < 4.78 is 25.4. The second kappa shape index (κ2) is 5.13. The molecule has 0 aliphatic rings. The van der Waals surface area contributed by atoms with E-state index in [0.29, 0.717) is 16.7 Å². The van der Waals surface area contributed by atoms with Gasteiger partial charge in [-0.2, -0.15) is 4.39 Å². The predicted molar refractivity (Wildman–Crippen MR) is 72.2 cm³/mol. The van der Waals surface area contributed by atoms with Crippen molar-refractivity contribution in [3.05, 3.63) is 48.8 Å². The normalized spacial score (nSPS) is 13.3. The summed E-state index contributed by atoms with van der Waals surface area (Å²) in [7, 11) is -4.82. The van der Waals surface area contributed by atoms with Crippen molar-refractivity contribution >= 4 is 24.3 Å². The zero-order valence-corrected chi connectivity index (χ0v) is 11.8. The van der Waals surface area contributed by atoms with E-state index in [1.165, 1.54) is 0 Å². The van der Waals surface area contributed by atoms with E-state index in [0.717, 1.165) is 6.92 Å². The molecule has 0 spiro atoms. The van der Waals surface area contributed by atoms with Crippen molar-refractivity contribution in [1.29, 1.82) is 0 Å². The monoisotopic (exact) mass is 333 g/mol. The number of aromatic amines is 1. The summed E-state index contributed by atoms with van der Waals surface area (Å²) in [5, 5.41) is 10.7. The Morgan fingerprint density at radius 1 is 1.41 bits per heavy atom. The van der Waals surface area contributed by atoms with Crippen molar-refractivity contribution in [1.82, 2.24) is 9.55 Å². The van der Waals surface area contributed by atoms with Crippen molar-refractivity contribution < 1.29 is 23.7 Å². The van der Waals surface area contributed by atoms with Crippen molar-refractivity contribution in [2.24, 2.45) is 0 Å². The maximum absolute atomic E-state index is 13.7. The number of nitro groups is 1. The molecule has 1 heterocycles. The van der Waals surface area contributed by atoms with Gasteiger partial charge in [0.05, 0.1) is 16.0 Å². The molecule has 12 heteroatoms. The van der Waals surface area contributed by atoms with Crippen LogP contribution >= 0.6 is 7.60 Å². The Balaban J connectivity index is 2.98. The molecule has 3 N–H and O–H groups in total. The van der Waals surface area contributed by atoms with Gasteiger partial charge < -0.3 is 14.8 Å². The highest BCUT2D eigenvalue weighted by atomic mass is 31.2. The molecule has 0 aliphatic heterocycles. The summed E-state index contributed by atoms with van der Waals surface area (Å²) in [4.78, 5) is 53.4. The second-order valence-corrected chi connectivity index (χ2v) is 6.35. The first-order valence-electron chi connectivity index (χ1n) is 5.71. The third-order valence-corrected chi connectivity index (χ3v) is 4.25. The van der Waals surface area contributed by atoms with Crippen LogP contribution in [0.5, 0.6) is 0 Å². The Bertz CT molecular complexity index is 944. The number of benzene rings is 1. The van der Waals surface area contributed by atoms with E-state index in [4.69, 9.17) is 9.79 Å². The molecule has 0 saturated heterocycles.